The first kappa shape index (κ1) is 12.4. The molecule has 0 aromatic rings. The summed E-state index contributed by atoms with van der Waals surface area (Å²) < 4.78 is 21.6. The SMILES string of the molecule is CS(=O)(=O)CC(=O)NCC1CCCC1N. The van der Waals surface area contributed by atoms with Crippen LogP contribution in [0, 0.1) is 5.92 Å². The molecule has 2 unspecified atom stereocenters. The second-order valence-corrected chi connectivity index (χ2v) is 6.37. The summed E-state index contributed by atoms with van der Waals surface area (Å²) in [5.74, 6) is -0.570. The number of carbonyl (C=O) groups excluding carboxylic acids is 1. The maximum atomic E-state index is 11.2. The number of hydrogen-bond acceptors (Lipinski definition) is 4. The van der Waals surface area contributed by atoms with E-state index < -0.39 is 21.5 Å². The molecule has 6 heteroatoms. The van der Waals surface area contributed by atoms with Crippen molar-refractivity contribution in [1.29, 1.82) is 0 Å². The average Bonchev–Trinajstić information content (AvgIpc) is 2.44. The molecule has 0 bridgehead atoms. The Labute approximate surface area is 90.3 Å². The van der Waals surface area contributed by atoms with E-state index in [1.165, 1.54) is 0 Å². The zero-order valence-electron chi connectivity index (χ0n) is 8.90. The zero-order valence-corrected chi connectivity index (χ0v) is 9.72. The molecule has 1 saturated carbocycles. The van der Waals surface area contributed by atoms with E-state index >= 15 is 0 Å². The standard InChI is InChI=1S/C9H18N2O3S/c1-15(13,14)6-9(12)11-5-7-3-2-4-8(7)10/h7-8H,2-6,10H2,1H3,(H,11,12). The van der Waals surface area contributed by atoms with Gasteiger partial charge in [0.25, 0.3) is 0 Å². The lowest BCUT2D eigenvalue weighted by molar-refractivity contribution is -0.118. The van der Waals surface area contributed by atoms with Crippen LogP contribution in [-0.4, -0.2) is 38.9 Å². The topological polar surface area (TPSA) is 89.3 Å². The van der Waals surface area contributed by atoms with E-state index in [1.807, 2.05) is 0 Å². The van der Waals surface area contributed by atoms with Crippen molar-refractivity contribution in [3.8, 4) is 0 Å². The van der Waals surface area contributed by atoms with Gasteiger partial charge in [0.05, 0.1) is 0 Å². The van der Waals surface area contributed by atoms with E-state index in [0.29, 0.717) is 12.5 Å². The van der Waals surface area contributed by atoms with Crippen molar-refractivity contribution in [2.45, 2.75) is 25.3 Å². The van der Waals surface area contributed by atoms with Gasteiger partial charge in [-0.3, -0.25) is 4.79 Å². The molecule has 0 radical (unpaired) electrons. The molecule has 5 nitrogen and oxygen atoms in total. The average molecular weight is 234 g/mol. The van der Waals surface area contributed by atoms with Crippen LogP contribution in [0.25, 0.3) is 0 Å². The van der Waals surface area contributed by atoms with Crippen LogP contribution >= 0.6 is 0 Å². The molecule has 3 N–H and O–H groups in total. The van der Waals surface area contributed by atoms with Crippen molar-refractivity contribution in [2.24, 2.45) is 11.7 Å². The lowest BCUT2D eigenvalue weighted by Crippen LogP contribution is -2.38. The number of carbonyl (C=O) groups is 1. The van der Waals surface area contributed by atoms with Crippen molar-refractivity contribution in [2.75, 3.05) is 18.6 Å². The molecule has 2 atom stereocenters. The maximum absolute atomic E-state index is 11.2. The highest BCUT2D eigenvalue weighted by Gasteiger charge is 2.24. The van der Waals surface area contributed by atoms with Crippen molar-refractivity contribution >= 4 is 15.7 Å². The van der Waals surface area contributed by atoms with Crippen LogP contribution in [-0.2, 0) is 14.6 Å². The largest absolute Gasteiger partial charge is 0.355 e. The normalized spacial score (nSPS) is 26.5. The molecule has 1 aliphatic rings. The Balaban J connectivity index is 2.28. The number of nitrogens with two attached hydrogens (primary N) is 1. The summed E-state index contributed by atoms with van der Waals surface area (Å²) in [7, 11) is -3.23. The third-order valence-corrected chi connectivity index (χ3v) is 3.46. The maximum Gasteiger partial charge on any atom is 0.235 e. The third kappa shape index (κ3) is 4.61. The lowest BCUT2D eigenvalue weighted by Gasteiger charge is -2.15. The van der Waals surface area contributed by atoms with Gasteiger partial charge in [-0.1, -0.05) is 6.42 Å². The zero-order chi connectivity index (χ0) is 11.5. The highest BCUT2D eigenvalue weighted by Crippen LogP contribution is 2.22. The van der Waals surface area contributed by atoms with Crippen molar-refractivity contribution in [1.82, 2.24) is 5.32 Å². The van der Waals surface area contributed by atoms with E-state index in [-0.39, 0.29) is 6.04 Å². The van der Waals surface area contributed by atoms with E-state index in [4.69, 9.17) is 5.73 Å². The van der Waals surface area contributed by atoms with Crippen LogP contribution in [0.2, 0.25) is 0 Å². The van der Waals surface area contributed by atoms with Gasteiger partial charge in [0, 0.05) is 18.8 Å². The quantitative estimate of drug-likeness (QED) is 0.671. The fraction of sp³-hybridized carbons (Fsp3) is 0.889. The van der Waals surface area contributed by atoms with E-state index in [0.717, 1.165) is 25.5 Å². The predicted octanol–water partition coefficient (Wildman–Crippen LogP) is -0.725. The van der Waals surface area contributed by atoms with Gasteiger partial charge in [-0.15, -0.1) is 0 Å². The fourth-order valence-electron chi connectivity index (χ4n) is 1.85. The highest BCUT2D eigenvalue weighted by molar-refractivity contribution is 7.91. The molecule has 1 fully saturated rings. The molecule has 1 amide bonds. The molecule has 0 heterocycles. The van der Waals surface area contributed by atoms with Gasteiger partial charge in [0.2, 0.25) is 5.91 Å². The molecule has 0 aromatic heterocycles. The van der Waals surface area contributed by atoms with Gasteiger partial charge in [-0.05, 0) is 18.8 Å². The summed E-state index contributed by atoms with van der Waals surface area (Å²) >= 11 is 0. The van der Waals surface area contributed by atoms with E-state index in [9.17, 15) is 13.2 Å². The van der Waals surface area contributed by atoms with Gasteiger partial charge in [0.1, 0.15) is 5.75 Å². The number of sulfone groups is 1. The van der Waals surface area contributed by atoms with Gasteiger partial charge in [0.15, 0.2) is 9.84 Å². The van der Waals surface area contributed by atoms with Crippen molar-refractivity contribution in [3.05, 3.63) is 0 Å². The van der Waals surface area contributed by atoms with Gasteiger partial charge < -0.3 is 11.1 Å². The van der Waals surface area contributed by atoms with Crippen LogP contribution < -0.4 is 11.1 Å². The minimum absolute atomic E-state index is 0.142. The molecule has 0 aliphatic heterocycles. The van der Waals surface area contributed by atoms with Gasteiger partial charge in [-0.2, -0.15) is 0 Å². The van der Waals surface area contributed by atoms with Crippen LogP contribution in [0.15, 0.2) is 0 Å². The van der Waals surface area contributed by atoms with Gasteiger partial charge >= 0.3 is 0 Å². The smallest absolute Gasteiger partial charge is 0.235 e. The molecule has 0 aromatic carbocycles. The molecular weight excluding hydrogens is 216 g/mol. The van der Waals surface area contributed by atoms with Crippen LogP contribution in [0.5, 0.6) is 0 Å². The monoisotopic (exact) mass is 234 g/mol. The number of rotatable bonds is 4. The van der Waals surface area contributed by atoms with Crippen molar-refractivity contribution in [3.63, 3.8) is 0 Å². The summed E-state index contributed by atoms with van der Waals surface area (Å²) in [6, 6.07) is 0.142. The summed E-state index contributed by atoms with van der Waals surface area (Å²) in [4.78, 5) is 11.2. The first-order valence-electron chi connectivity index (χ1n) is 5.08. The Morgan fingerprint density at radius 2 is 2.13 bits per heavy atom. The van der Waals surface area contributed by atoms with Crippen LogP contribution in [0.4, 0.5) is 0 Å². The predicted molar refractivity (Wildman–Crippen MR) is 58.0 cm³/mol. The second-order valence-electron chi connectivity index (χ2n) is 4.23. The van der Waals surface area contributed by atoms with Crippen LogP contribution in [0.3, 0.4) is 0 Å². The van der Waals surface area contributed by atoms with Crippen LogP contribution in [0.1, 0.15) is 19.3 Å². The first-order valence-corrected chi connectivity index (χ1v) is 7.14. The minimum Gasteiger partial charge on any atom is -0.355 e. The number of nitrogens with one attached hydrogen (secondary N) is 1. The molecular formula is C9H18N2O3S. The summed E-state index contributed by atoms with van der Waals surface area (Å²) in [6.45, 7) is 0.496. The Kier molecular flexibility index (Phi) is 4.10. The number of amides is 1. The van der Waals surface area contributed by atoms with Gasteiger partial charge in [-0.25, -0.2) is 8.42 Å². The fourth-order valence-corrected chi connectivity index (χ4v) is 2.43. The summed E-state index contributed by atoms with van der Waals surface area (Å²) in [5.41, 5.74) is 5.82. The highest BCUT2D eigenvalue weighted by atomic mass is 32.2. The number of hydrogen-bond donors (Lipinski definition) is 2. The molecule has 15 heavy (non-hydrogen) atoms. The molecule has 0 spiro atoms. The van der Waals surface area contributed by atoms with Crippen molar-refractivity contribution < 1.29 is 13.2 Å². The Hall–Kier alpha value is -0.620. The molecule has 1 rings (SSSR count). The second kappa shape index (κ2) is 4.94. The molecule has 88 valence electrons. The summed E-state index contributed by atoms with van der Waals surface area (Å²) in [6.07, 6.45) is 4.15. The Morgan fingerprint density at radius 3 is 2.60 bits per heavy atom. The first-order chi connectivity index (χ1) is 6.88. The van der Waals surface area contributed by atoms with E-state index in [2.05, 4.69) is 5.32 Å². The molecule has 0 saturated heterocycles. The Bertz CT molecular complexity index is 326. The third-order valence-electron chi connectivity index (χ3n) is 2.67. The lowest BCUT2D eigenvalue weighted by atomic mass is 10.1. The van der Waals surface area contributed by atoms with E-state index in [1.54, 1.807) is 0 Å². The summed E-state index contributed by atoms with van der Waals surface area (Å²) in [5, 5.41) is 2.61. The Morgan fingerprint density at radius 1 is 1.47 bits per heavy atom. The minimum atomic E-state index is -3.23. The molecule has 1 aliphatic carbocycles.